The first-order valence-electron chi connectivity index (χ1n) is 8.19. The van der Waals surface area contributed by atoms with Crippen LogP contribution in [0.1, 0.15) is 23.7 Å². The first-order chi connectivity index (χ1) is 12.2. The van der Waals surface area contributed by atoms with E-state index < -0.39 is 12.1 Å². The fourth-order valence-electron chi connectivity index (χ4n) is 3.08. The molecule has 0 saturated carbocycles. The molecule has 0 N–H and O–H groups in total. The van der Waals surface area contributed by atoms with Crippen LogP contribution in [0.25, 0.3) is 0 Å². The number of hydrogen-bond donors (Lipinski definition) is 0. The van der Waals surface area contributed by atoms with Crippen LogP contribution in [0.15, 0.2) is 72.4 Å². The summed E-state index contributed by atoms with van der Waals surface area (Å²) < 4.78 is 5.85. The maximum absolute atomic E-state index is 12.8. The van der Waals surface area contributed by atoms with Gasteiger partial charge in [-0.1, -0.05) is 60.7 Å². The fourth-order valence-corrected chi connectivity index (χ4v) is 4.20. The van der Waals surface area contributed by atoms with Gasteiger partial charge in [-0.05, 0) is 17.2 Å². The number of benzene rings is 2. The number of esters is 1. The molecule has 126 valence electrons. The third-order valence-electron chi connectivity index (χ3n) is 4.37. The molecule has 1 saturated heterocycles. The molecule has 1 unspecified atom stereocenters. The molecule has 25 heavy (non-hydrogen) atoms. The van der Waals surface area contributed by atoms with Crippen LogP contribution in [-0.4, -0.2) is 27.9 Å². The normalized spacial score (nSPS) is 19.1. The van der Waals surface area contributed by atoms with Gasteiger partial charge in [0.25, 0.3) is 0 Å². The van der Waals surface area contributed by atoms with Gasteiger partial charge in [0.15, 0.2) is 6.10 Å². The van der Waals surface area contributed by atoms with E-state index in [2.05, 4.69) is 0 Å². The topological polar surface area (TPSA) is 46.6 Å². The lowest BCUT2D eigenvalue weighted by atomic mass is 10.0. The summed E-state index contributed by atoms with van der Waals surface area (Å²) in [7, 11) is 0. The Kier molecular flexibility index (Phi) is 4.32. The molecular weight excluding hydrogens is 334 g/mol. The largest absolute Gasteiger partial charge is 0.448 e. The highest BCUT2D eigenvalue weighted by atomic mass is 32.2. The Morgan fingerprint density at radius 3 is 2.20 bits per heavy atom. The lowest BCUT2D eigenvalue weighted by Gasteiger charge is -2.42. The second-order valence-electron chi connectivity index (χ2n) is 5.95. The monoisotopic (exact) mass is 351 g/mol. The van der Waals surface area contributed by atoms with Gasteiger partial charge in [0.05, 0.1) is 11.8 Å². The van der Waals surface area contributed by atoms with Crippen molar-refractivity contribution in [3.8, 4) is 0 Å². The minimum atomic E-state index is -0.500. The number of amides is 1. The van der Waals surface area contributed by atoms with E-state index in [1.54, 1.807) is 22.7 Å². The smallest absolute Gasteiger partial charge is 0.355 e. The fraction of sp³-hybridized carbons (Fsp3) is 0.200. The van der Waals surface area contributed by atoms with Gasteiger partial charge < -0.3 is 4.74 Å². The summed E-state index contributed by atoms with van der Waals surface area (Å²) in [4.78, 5) is 26.2. The van der Waals surface area contributed by atoms with E-state index >= 15 is 0 Å². The third kappa shape index (κ3) is 3.07. The van der Waals surface area contributed by atoms with E-state index in [9.17, 15) is 9.59 Å². The van der Waals surface area contributed by atoms with Gasteiger partial charge in [-0.25, -0.2) is 4.79 Å². The molecule has 2 heterocycles. The first-order valence-corrected chi connectivity index (χ1v) is 9.23. The number of carbonyl (C=O) groups is 2. The Morgan fingerprint density at radius 1 is 1.04 bits per heavy atom. The number of hydrogen-bond acceptors (Lipinski definition) is 4. The number of ether oxygens (including phenoxy) is 1. The molecular formula is C20H17NO3S. The van der Waals surface area contributed by atoms with Crippen molar-refractivity contribution in [3.63, 3.8) is 0 Å². The highest BCUT2D eigenvalue weighted by molar-refractivity contribution is 8.00. The Hall–Kier alpha value is -2.53. The Morgan fingerprint density at radius 2 is 1.64 bits per heavy atom. The maximum Gasteiger partial charge on any atom is 0.355 e. The molecule has 1 amide bonds. The van der Waals surface area contributed by atoms with Crippen molar-refractivity contribution in [2.75, 3.05) is 5.75 Å². The van der Waals surface area contributed by atoms with Gasteiger partial charge in [0, 0.05) is 5.75 Å². The summed E-state index contributed by atoms with van der Waals surface area (Å²) in [6.45, 7) is 0. The van der Waals surface area contributed by atoms with Crippen molar-refractivity contribution in [3.05, 3.63) is 83.6 Å². The van der Waals surface area contributed by atoms with Gasteiger partial charge in [-0.15, -0.1) is 11.8 Å². The Balaban J connectivity index is 1.62. The molecule has 2 aromatic rings. The van der Waals surface area contributed by atoms with Crippen molar-refractivity contribution in [1.82, 2.24) is 4.90 Å². The summed E-state index contributed by atoms with van der Waals surface area (Å²) in [6.07, 6.45) is 1.78. The molecule has 0 radical (unpaired) electrons. The van der Waals surface area contributed by atoms with Crippen molar-refractivity contribution in [2.45, 2.75) is 17.9 Å². The number of β-lactam (4-membered cyclic amide) rings is 1. The number of nitrogens with zero attached hydrogens (tertiary/aromatic N) is 1. The van der Waals surface area contributed by atoms with E-state index in [0.717, 1.165) is 16.9 Å². The lowest BCUT2D eigenvalue weighted by molar-refractivity contribution is -0.151. The van der Waals surface area contributed by atoms with Crippen molar-refractivity contribution in [1.29, 1.82) is 0 Å². The maximum atomic E-state index is 12.8. The van der Waals surface area contributed by atoms with Crippen LogP contribution >= 0.6 is 11.8 Å². The van der Waals surface area contributed by atoms with Gasteiger partial charge in [0.2, 0.25) is 5.91 Å². The highest BCUT2D eigenvalue weighted by Crippen LogP contribution is 2.38. The predicted octanol–water partition coefficient (Wildman–Crippen LogP) is 3.51. The van der Waals surface area contributed by atoms with Crippen LogP contribution in [0.3, 0.4) is 0 Å². The molecule has 2 aliphatic heterocycles. The molecule has 4 rings (SSSR count). The van der Waals surface area contributed by atoms with Crippen LogP contribution in [0, 0.1) is 0 Å². The summed E-state index contributed by atoms with van der Waals surface area (Å²) >= 11 is 1.67. The third-order valence-corrected chi connectivity index (χ3v) is 5.49. The Bertz CT molecular complexity index is 780. The van der Waals surface area contributed by atoms with Crippen molar-refractivity contribution in [2.24, 2.45) is 0 Å². The van der Waals surface area contributed by atoms with E-state index in [1.165, 1.54) is 0 Å². The van der Waals surface area contributed by atoms with E-state index in [0.29, 0.717) is 12.1 Å². The minimum Gasteiger partial charge on any atom is -0.448 e. The van der Waals surface area contributed by atoms with E-state index in [-0.39, 0.29) is 11.3 Å². The van der Waals surface area contributed by atoms with E-state index in [1.807, 2.05) is 60.7 Å². The van der Waals surface area contributed by atoms with Gasteiger partial charge in [-0.2, -0.15) is 0 Å². The number of carbonyl (C=O) groups excluding carboxylic acids is 2. The lowest BCUT2D eigenvalue weighted by Crippen LogP contribution is -2.53. The van der Waals surface area contributed by atoms with Gasteiger partial charge >= 0.3 is 5.97 Å². The van der Waals surface area contributed by atoms with Gasteiger partial charge in [-0.3, -0.25) is 9.69 Å². The molecule has 0 aromatic heterocycles. The van der Waals surface area contributed by atoms with Crippen molar-refractivity contribution < 1.29 is 14.3 Å². The highest BCUT2D eigenvalue weighted by Gasteiger charge is 2.43. The summed E-state index contributed by atoms with van der Waals surface area (Å²) in [5, 5.41) is 0.0759. The van der Waals surface area contributed by atoms with Crippen LogP contribution in [0.5, 0.6) is 0 Å². The zero-order valence-electron chi connectivity index (χ0n) is 13.5. The number of rotatable bonds is 4. The summed E-state index contributed by atoms with van der Waals surface area (Å²) in [6, 6.07) is 19.3. The molecule has 4 nitrogen and oxygen atoms in total. The van der Waals surface area contributed by atoms with Crippen molar-refractivity contribution >= 4 is 23.6 Å². The number of thioether (sulfide) groups is 1. The molecule has 2 aliphatic rings. The Labute approximate surface area is 150 Å². The molecule has 2 aromatic carbocycles. The minimum absolute atomic E-state index is 0.0172. The van der Waals surface area contributed by atoms with Gasteiger partial charge in [0.1, 0.15) is 5.70 Å². The average Bonchev–Trinajstić information content (AvgIpc) is 2.66. The molecule has 0 aliphatic carbocycles. The predicted molar refractivity (Wildman–Crippen MR) is 96.6 cm³/mol. The van der Waals surface area contributed by atoms with Crippen LogP contribution in [0.2, 0.25) is 0 Å². The number of fused-ring (bicyclic) bond motifs is 1. The zero-order valence-corrected chi connectivity index (χ0v) is 14.3. The molecule has 0 spiro atoms. The first kappa shape index (κ1) is 16.0. The van der Waals surface area contributed by atoms with Crippen LogP contribution in [-0.2, 0) is 14.3 Å². The molecule has 1 fully saturated rings. The molecule has 1 atom stereocenters. The molecule has 0 bridgehead atoms. The quantitative estimate of drug-likeness (QED) is 0.625. The zero-order chi connectivity index (χ0) is 17.2. The summed E-state index contributed by atoms with van der Waals surface area (Å²) in [5.74, 6) is 0.257. The standard InChI is InChI=1S/C20H17NO3S/c22-17-13-18-21(17)16(11-12-25-18)20(23)24-19(14-7-3-1-4-8-14)15-9-5-2-6-10-15/h1-11,18-19H,12-13H2. The second kappa shape index (κ2) is 6.76. The average molecular weight is 351 g/mol. The second-order valence-corrected chi connectivity index (χ2v) is 7.16. The van der Waals surface area contributed by atoms with E-state index in [4.69, 9.17) is 4.74 Å². The molecule has 5 heteroatoms. The van der Waals surface area contributed by atoms with Crippen LogP contribution < -0.4 is 0 Å². The SMILES string of the molecule is O=C(OC(c1ccccc1)c1ccccc1)C1=CCSC2CC(=O)N12. The summed E-state index contributed by atoms with van der Waals surface area (Å²) in [5.41, 5.74) is 2.18. The van der Waals surface area contributed by atoms with Crippen LogP contribution in [0.4, 0.5) is 0 Å².